The summed E-state index contributed by atoms with van der Waals surface area (Å²) in [5.74, 6) is 0.379. The maximum atomic E-state index is 12.8. The highest BCUT2D eigenvalue weighted by Gasteiger charge is 2.40. The number of fused-ring (bicyclic) bond motifs is 1. The third-order valence-corrected chi connectivity index (χ3v) is 8.36. The molecule has 37 heavy (non-hydrogen) atoms. The fraction of sp³-hybridized carbons (Fsp3) is 0.296. The van der Waals surface area contributed by atoms with E-state index in [1.807, 2.05) is 41.1 Å². The maximum absolute atomic E-state index is 12.8. The molecule has 0 unspecified atom stereocenters. The van der Waals surface area contributed by atoms with Crippen LogP contribution < -0.4 is 15.6 Å². The van der Waals surface area contributed by atoms with Crippen LogP contribution in [0.4, 0.5) is 11.5 Å². The molecule has 4 aromatic rings. The van der Waals surface area contributed by atoms with Crippen LogP contribution in [0.15, 0.2) is 76.6 Å². The van der Waals surface area contributed by atoms with Crippen molar-refractivity contribution in [3.8, 4) is 0 Å². The SMILES string of the molecule is [C-]#[N+]CC1(n2nc(Nc3ccc(S(=O)(=O)NCc4ccccc4)cc3)c3c(=O)[nH]ccc32)CCCCC1. The number of aromatic nitrogens is 3. The highest BCUT2D eigenvalue weighted by molar-refractivity contribution is 7.89. The number of rotatable bonds is 8. The van der Waals surface area contributed by atoms with E-state index < -0.39 is 15.6 Å². The van der Waals surface area contributed by atoms with Gasteiger partial charge in [0, 0.05) is 18.4 Å². The van der Waals surface area contributed by atoms with Crippen molar-refractivity contribution in [2.45, 2.75) is 49.1 Å². The first-order chi connectivity index (χ1) is 17.9. The van der Waals surface area contributed by atoms with E-state index in [-0.39, 0.29) is 17.0 Å². The first kappa shape index (κ1) is 24.7. The fourth-order valence-corrected chi connectivity index (χ4v) is 6.05. The Hall–Kier alpha value is -3.94. The van der Waals surface area contributed by atoms with Gasteiger partial charge in [-0.05, 0) is 48.7 Å². The van der Waals surface area contributed by atoms with E-state index in [2.05, 4.69) is 19.9 Å². The number of benzene rings is 2. The van der Waals surface area contributed by atoms with Crippen molar-refractivity contribution in [2.75, 3.05) is 11.9 Å². The van der Waals surface area contributed by atoms with Gasteiger partial charge in [0.25, 0.3) is 5.56 Å². The molecule has 1 aliphatic carbocycles. The molecule has 5 rings (SSSR count). The molecule has 1 saturated carbocycles. The van der Waals surface area contributed by atoms with Crippen molar-refractivity contribution in [3.05, 3.63) is 94.2 Å². The van der Waals surface area contributed by atoms with Crippen LogP contribution in [0.2, 0.25) is 0 Å². The van der Waals surface area contributed by atoms with Gasteiger partial charge in [-0.2, -0.15) is 5.10 Å². The van der Waals surface area contributed by atoms with Crippen molar-refractivity contribution in [1.29, 1.82) is 0 Å². The maximum Gasteiger partial charge on any atom is 0.261 e. The van der Waals surface area contributed by atoms with E-state index in [9.17, 15) is 13.2 Å². The largest absolute Gasteiger partial charge is 0.338 e. The summed E-state index contributed by atoms with van der Waals surface area (Å²) in [4.78, 5) is 19.4. The number of aromatic amines is 1. The van der Waals surface area contributed by atoms with Gasteiger partial charge in [-0.15, -0.1) is 0 Å². The first-order valence-corrected chi connectivity index (χ1v) is 13.8. The highest BCUT2D eigenvalue weighted by atomic mass is 32.2. The second-order valence-electron chi connectivity index (χ2n) is 9.39. The average Bonchev–Trinajstić information content (AvgIpc) is 3.29. The standard InChI is InChI=1S/C27H28N6O3S/c1-28-19-27(15-6-3-7-16-27)33-23-14-17-29-26(34)24(23)25(32-33)31-21-10-12-22(13-11-21)37(35,36)30-18-20-8-4-2-5-9-20/h2,4-5,8-14,17,30H,3,6-7,15-16,18-19H2,(H,29,34)(H,31,32). The van der Waals surface area contributed by atoms with Gasteiger partial charge in [0.05, 0.1) is 10.4 Å². The predicted molar refractivity (Wildman–Crippen MR) is 143 cm³/mol. The Bertz CT molecular complexity index is 1600. The van der Waals surface area contributed by atoms with E-state index in [1.54, 1.807) is 18.3 Å². The van der Waals surface area contributed by atoms with Crippen molar-refractivity contribution in [1.82, 2.24) is 19.5 Å². The van der Waals surface area contributed by atoms with Crippen molar-refractivity contribution in [3.63, 3.8) is 0 Å². The van der Waals surface area contributed by atoms with Gasteiger partial charge in [0.1, 0.15) is 10.9 Å². The Kier molecular flexibility index (Phi) is 6.82. The van der Waals surface area contributed by atoms with Crippen LogP contribution in [-0.4, -0.2) is 29.7 Å². The lowest BCUT2D eigenvalue weighted by Gasteiger charge is -2.33. The molecule has 2 heterocycles. The zero-order valence-corrected chi connectivity index (χ0v) is 21.1. The van der Waals surface area contributed by atoms with E-state index in [1.165, 1.54) is 12.1 Å². The molecule has 1 aliphatic rings. The zero-order valence-electron chi connectivity index (χ0n) is 20.3. The number of sulfonamides is 1. The molecule has 0 aliphatic heterocycles. The molecule has 2 aromatic carbocycles. The van der Waals surface area contributed by atoms with Gasteiger partial charge in [-0.25, -0.2) is 24.4 Å². The smallest absolute Gasteiger partial charge is 0.261 e. The molecular formula is C27H28N6O3S. The van der Waals surface area contributed by atoms with Gasteiger partial charge in [-0.3, -0.25) is 4.79 Å². The summed E-state index contributed by atoms with van der Waals surface area (Å²) in [5, 5.41) is 8.42. The third kappa shape index (κ3) is 5.01. The van der Waals surface area contributed by atoms with E-state index in [0.29, 0.717) is 29.0 Å². The summed E-state index contributed by atoms with van der Waals surface area (Å²) < 4.78 is 30.0. The van der Waals surface area contributed by atoms with Gasteiger partial charge in [0.15, 0.2) is 5.82 Å². The van der Waals surface area contributed by atoms with Crippen LogP contribution in [0.5, 0.6) is 0 Å². The Labute approximate surface area is 215 Å². The number of nitrogens with one attached hydrogen (secondary N) is 3. The molecule has 0 bridgehead atoms. The lowest BCUT2D eigenvalue weighted by molar-refractivity contribution is 0.200. The van der Waals surface area contributed by atoms with E-state index in [4.69, 9.17) is 11.7 Å². The van der Waals surface area contributed by atoms with Crippen LogP contribution in [0, 0.1) is 6.57 Å². The van der Waals surface area contributed by atoms with Crippen LogP contribution in [0.25, 0.3) is 15.7 Å². The third-order valence-electron chi connectivity index (χ3n) is 6.95. The van der Waals surface area contributed by atoms with E-state index in [0.717, 1.165) is 37.7 Å². The summed E-state index contributed by atoms with van der Waals surface area (Å²) in [6, 6.07) is 17.5. The molecule has 0 radical (unpaired) electrons. The quantitative estimate of drug-likeness (QED) is 0.298. The molecule has 9 nitrogen and oxygen atoms in total. The Morgan fingerprint density at radius 3 is 2.46 bits per heavy atom. The minimum atomic E-state index is -3.70. The zero-order chi connectivity index (χ0) is 25.9. The number of H-pyrrole nitrogens is 1. The number of pyridine rings is 1. The summed E-state index contributed by atoms with van der Waals surface area (Å²) in [6.45, 7) is 8.05. The molecule has 190 valence electrons. The molecule has 0 spiro atoms. The Morgan fingerprint density at radius 1 is 1.03 bits per heavy atom. The number of hydrogen-bond acceptors (Lipinski definition) is 5. The summed E-state index contributed by atoms with van der Waals surface area (Å²) in [7, 11) is -3.70. The molecule has 10 heteroatoms. The normalized spacial score (nSPS) is 15.3. The van der Waals surface area contributed by atoms with Crippen LogP contribution in [0.1, 0.15) is 37.7 Å². The second-order valence-corrected chi connectivity index (χ2v) is 11.2. The Balaban J connectivity index is 1.43. The predicted octanol–water partition coefficient (Wildman–Crippen LogP) is 4.53. The summed E-state index contributed by atoms with van der Waals surface area (Å²) >= 11 is 0. The molecular weight excluding hydrogens is 488 g/mol. The summed E-state index contributed by atoms with van der Waals surface area (Å²) in [5.41, 5.74) is 1.42. The minimum Gasteiger partial charge on any atom is -0.338 e. The molecule has 2 aromatic heterocycles. The van der Waals surface area contributed by atoms with Crippen molar-refractivity contribution < 1.29 is 8.42 Å². The lowest BCUT2D eigenvalue weighted by atomic mass is 9.81. The average molecular weight is 517 g/mol. The Morgan fingerprint density at radius 2 is 1.76 bits per heavy atom. The van der Waals surface area contributed by atoms with Gasteiger partial charge in [0.2, 0.25) is 16.6 Å². The molecule has 0 amide bonds. The van der Waals surface area contributed by atoms with E-state index >= 15 is 0 Å². The summed E-state index contributed by atoms with van der Waals surface area (Å²) in [6.07, 6.45) is 6.42. The van der Waals surface area contributed by atoms with Gasteiger partial charge in [-0.1, -0.05) is 49.6 Å². The lowest BCUT2D eigenvalue weighted by Crippen LogP contribution is -2.39. The fourth-order valence-electron chi connectivity index (χ4n) is 5.03. The first-order valence-electron chi connectivity index (χ1n) is 12.3. The molecule has 0 saturated heterocycles. The van der Waals surface area contributed by atoms with Crippen molar-refractivity contribution >= 4 is 32.4 Å². The highest BCUT2D eigenvalue weighted by Crippen LogP contribution is 2.38. The topological polar surface area (TPSA) is 113 Å². The van der Waals surface area contributed by atoms with Gasteiger partial charge >= 0.3 is 0 Å². The van der Waals surface area contributed by atoms with Gasteiger partial charge < -0.3 is 15.1 Å². The monoisotopic (exact) mass is 516 g/mol. The molecule has 1 fully saturated rings. The second kappa shape index (κ2) is 10.2. The van der Waals surface area contributed by atoms with Crippen molar-refractivity contribution in [2.24, 2.45) is 0 Å². The molecule has 0 atom stereocenters. The minimum absolute atomic E-state index is 0.139. The van der Waals surface area contributed by atoms with Crippen LogP contribution in [0.3, 0.4) is 0 Å². The van der Waals surface area contributed by atoms with Crippen LogP contribution in [-0.2, 0) is 22.1 Å². The van der Waals surface area contributed by atoms with Crippen LogP contribution >= 0.6 is 0 Å². The molecule has 3 N–H and O–H groups in total. The number of nitrogens with zero attached hydrogens (tertiary/aromatic N) is 3. The number of hydrogen-bond donors (Lipinski definition) is 3. The number of anilines is 2.